The average Bonchev–Trinajstić information content (AvgIpc) is 3.21. The summed E-state index contributed by atoms with van der Waals surface area (Å²) in [6.07, 6.45) is 4.76. The van der Waals surface area contributed by atoms with Gasteiger partial charge >= 0.3 is 0 Å². The Morgan fingerprint density at radius 2 is 1.92 bits per heavy atom. The van der Waals surface area contributed by atoms with E-state index < -0.39 is 0 Å². The number of thiophene rings is 2. The van der Waals surface area contributed by atoms with E-state index in [1.54, 1.807) is 22.7 Å². The lowest BCUT2D eigenvalue weighted by Gasteiger charge is -2.34. The highest BCUT2D eigenvalue weighted by atomic mass is 79.9. The molecule has 128 valence electrons. The zero-order valence-corrected chi connectivity index (χ0v) is 16.8. The summed E-state index contributed by atoms with van der Waals surface area (Å²) in [4.78, 5) is 20.2. The van der Waals surface area contributed by atoms with Gasteiger partial charge in [0.25, 0.3) is 5.91 Å². The first-order chi connectivity index (χ1) is 11.7. The topological polar surface area (TPSA) is 23.6 Å². The molecule has 1 fully saturated rings. The smallest absolute Gasteiger partial charge is 0.255 e. The predicted molar refractivity (Wildman–Crippen MR) is 104 cm³/mol. The fourth-order valence-electron chi connectivity index (χ4n) is 3.61. The van der Waals surface area contributed by atoms with E-state index in [9.17, 15) is 4.79 Å². The van der Waals surface area contributed by atoms with Crippen LogP contribution in [0.1, 0.15) is 38.5 Å². The van der Waals surface area contributed by atoms with Crippen molar-refractivity contribution < 1.29 is 4.79 Å². The van der Waals surface area contributed by atoms with Gasteiger partial charge in [-0.15, -0.1) is 22.7 Å². The van der Waals surface area contributed by atoms with Crippen LogP contribution in [0.3, 0.4) is 0 Å². The number of carbonyl (C=O) groups is 1. The number of rotatable bonds is 3. The van der Waals surface area contributed by atoms with Crippen molar-refractivity contribution in [1.29, 1.82) is 0 Å². The van der Waals surface area contributed by atoms with Crippen LogP contribution in [0.5, 0.6) is 0 Å². The van der Waals surface area contributed by atoms with Gasteiger partial charge in [-0.05, 0) is 59.3 Å². The summed E-state index contributed by atoms with van der Waals surface area (Å²) in [6, 6.07) is 4.30. The standard InChI is InChI=1S/C18H21BrN2OS2/c19-17-6-5-13(24-17)11-20-7-9-21(10-8-20)18(22)15-12-23-16-4-2-1-3-14(15)16/h5-6,12H,1-4,7-11H2. The summed E-state index contributed by atoms with van der Waals surface area (Å²) in [5.41, 5.74) is 2.34. The number of fused-ring (bicyclic) bond motifs is 1. The van der Waals surface area contributed by atoms with Crippen LogP contribution in [0.4, 0.5) is 0 Å². The number of hydrogen-bond donors (Lipinski definition) is 0. The Morgan fingerprint density at radius 3 is 2.67 bits per heavy atom. The van der Waals surface area contributed by atoms with Crippen molar-refractivity contribution in [2.45, 2.75) is 32.2 Å². The van der Waals surface area contributed by atoms with E-state index in [2.05, 4.69) is 43.2 Å². The van der Waals surface area contributed by atoms with Crippen LogP contribution >= 0.6 is 38.6 Å². The Labute approximate surface area is 159 Å². The molecule has 24 heavy (non-hydrogen) atoms. The molecule has 0 radical (unpaired) electrons. The molecule has 0 atom stereocenters. The molecular formula is C18H21BrN2OS2. The van der Waals surface area contributed by atoms with Crippen molar-refractivity contribution in [2.24, 2.45) is 0 Å². The third kappa shape index (κ3) is 3.47. The van der Waals surface area contributed by atoms with E-state index >= 15 is 0 Å². The fraction of sp³-hybridized carbons (Fsp3) is 0.500. The molecule has 3 nitrogen and oxygen atoms in total. The Balaban J connectivity index is 1.37. The van der Waals surface area contributed by atoms with Crippen LogP contribution in [-0.4, -0.2) is 41.9 Å². The van der Waals surface area contributed by atoms with Gasteiger partial charge in [-0.25, -0.2) is 0 Å². The SMILES string of the molecule is O=C(c1csc2c1CCCC2)N1CCN(Cc2ccc(Br)s2)CC1. The molecule has 0 saturated carbocycles. The summed E-state index contributed by atoms with van der Waals surface area (Å²) in [5.74, 6) is 0.257. The number of hydrogen-bond acceptors (Lipinski definition) is 4. The van der Waals surface area contributed by atoms with E-state index in [0.717, 1.165) is 51.1 Å². The van der Waals surface area contributed by atoms with Crippen molar-refractivity contribution in [3.05, 3.63) is 42.2 Å². The third-order valence-corrected chi connectivity index (χ3v) is 7.66. The molecule has 2 aromatic rings. The van der Waals surface area contributed by atoms with Crippen LogP contribution in [0.25, 0.3) is 0 Å². The number of halogens is 1. The fourth-order valence-corrected chi connectivity index (χ4v) is 6.26. The molecule has 2 aliphatic rings. The van der Waals surface area contributed by atoms with Gasteiger partial charge in [0.05, 0.1) is 9.35 Å². The number of aryl methyl sites for hydroxylation is 1. The number of carbonyl (C=O) groups excluding carboxylic acids is 1. The van der Waals surface area contributed by atoms with E-state index in [1.165, 1.54) is 31.9 Å². The summed E-state index contributed by atoms with van der Waals surface area (Å²) >= 11 is 7.11. The largest absolute Gasteiger partial charge is 0.336 e. The summed E-state index contributed by atoms with van der Waals surface area (Å²) < 4.78 is 1.19. The van der Waals surface area contributed by atoms with Gasteiger partial charge in [0.2, 0.25) is 0 Å². The molecule has 4 rings (SSSR count). The van der Waals surface area contributed by atoms with Gasteiger partial charge < -0.3 is 4.90 Å². The van der Waals surface area contributed by atoms with Crippen LogP contribution in [0, 0.1) is 0 Å². The minimum Gasteiger partial charge on any atom is -0.336 e. The lowest BCUT2D eigenvalue weighted by atomic mass is 9.95. The third-order valence-electron chi connectivity index (χ3n) is 4.96. The monoisotopic (exact) mass is 424 g/mol. The van der Waals surface area contributed by atoms with Crippen LogP contribution in [0.15, 0.2) is 21.3 Å². The normalized spacial score (nSPS) is 18.6. The molecule has 1 aliphatic heterocycles. The molecule has 6 heteroatoms. The van der Waals surface area contributed by atoms with Gasteiger partial charge in [0, 0.05) is 47.9 Å². The molecule has 0 bridgehead atoms. The highest BCUT2D eigenvalue weighted by Crippen LogP contribution is 2.31. The van der Waals surface area contributed by atoms with Crippen molar-refractivity contribution in [2.75, 3.05) is 26.2 Å². The van der Waals surface area contributed by atoms with E-state index in [-0.39, 0.29) is 5.91 Å². The first-order valence-corrected chi connectivity index (χ1v) is 11.0. The van der Waals surface area contributed by atoms with Gasteiger partial charge in [-0.1, -0.05) is 0 Å². The lowest BCUT2D eigenvalue weighted by molar-refractivity contribution is 0.0629. The number of amides is 1. The highest BCUT2D eigenvalue weighted by Gasteiger charge is 2.26. The second kappa shape index (κ2) is 7.28. The molecule has 3 heterocycles. The van der Waals surface area contributed by atoms with Crippen LogP contribution in [0.2, 0.25) is 0 Å². The maximum atomic E-state index is 12.9. The van der Waals surface area contributed by atoms with Gasteiger partial charge in [-0.2, -0.15) is 0 Å². The van der Waals surface area contributed by atoms with E-state index in [0.29, 0.717) is 0 Å². The maximum absolute atomic E-state index is 12.9. The quantitative estimate of drug-likeness (QED) is 0.728. The van der Waals surface area contributed by atoms with Crippen molar-refractivity contribution in [1.82, 2.24) is 9.80 Å². The molecule has 0 spiro atoms. The molecule has 1 saturated heterocycles. The van der Waals surface area contributed by atoms with E-state index in [4.69, 9.17) is 0 Å². The summed E-state index contributed by atoms with van der Waals surface area (Å²) in [7, 11) is 0. The van der Waals surface area contributed by atoms with Crippen molar-refractivity contribution in [3.63, 3.8) is 0 Å². The Morgan fingerprint density at radius 1 is 1.12 bits per heavy atom. The van der Waals surface area contributed by atoms with Crippen molar-refractivity contribution >= 4 is 44.5 Å². The maximum Gasteiger partial charge on any atom is 0.255 e. The minimum atomic E-state index is 0.257. The van der Waals surface area contributed by atoms with Crippen LogP contribution < -0.4 is 0 Å². The summed E-state index contributed by atoms with van der Waals surface area (Å²) in [5, 5.41) is 2.11. The molecule has 1 amide bonds. The zero-order chi connectivity index (χ0) is 16.5. The molecule has 0 N–H and O–H groups in total. The van der Waals surface area contributed by atoms with Crippen molar-refractivity contribution in [3.8, 4) is 0 Å². The van der Waals surface area contributed by atoms with Crippen LogP contribution in [-0.2, 0) is 19.4 Å². The first kappa shape index (κ1) is 16.8. The van der Waals surface area contributed by atoms with E-state index in [1.807, 2.05) is 0 Å². The second-order valence-corrected chi connectivity index (χ2v) is 10.0. The Kier molecular flexibility index (Phi) is 5.08. The highest BCUT2D eigenvalue weighted by molar-refractivity contribution is 9.11. The second-order valence-electron chi connectivity index (χ2n) is 6.53. The number of piperazine rings is 1. The summed E-state index contributed by atoms with van der Waals surface area (Å²) in [6.45, 7) is 4.61. The van der Waals surface area contributed by atoms with Gasteiger partial charge in [0.15, 0.2) is 0 Å². The molecule has 0 aromatic carbocycles. The van der Waals surface area contributed by atoms with Gasteiger partial charge in [-0.3, -0.25) is 9.69 Å². The zero-order valence-electron chi connectivity index (χ0n) is 13.6. The molecule has 1 aliphatic carbocycles. The minimum absolute atomic E-state index is 0.257. The van der Waals surface area contributed by atoms with Gasteiger partial charge in [0.1, 0.15) is 0 Å². The molecule has 0 unspecified atom stereocenters. The molecule has 2 aromatic heterocycles. The number of nitrogens with zero attached hydrogens (tertiary/aromatic N) is 2. The lowest BCUT2D eigenvalue weighted by Crippen LogP contribution is -2.48. The predicted octanol–water partition coefficient (Wildman–Crippen LogP) is 4.41. The average molecular weight is 425 g/mol. The Hall–Kier alpha value is -0.690. The Bertz CT molecular complexity index is 731. The molecular weight excluding hydrogens is 404 g/mol. The first-order valence-electron chi connectivity index (χ1n) is 8.56.